The van der Waals surface area contributed by atoms with Crippen molar-refractivity contribution < 1.29 is 0 Å². The SMILES string of the molecule is Cn1nccc1-c1cn(CCN)nn1. The van der Waals surface area contributed by atoms with Gasteiger partial charge < -0.3 is 5.73 Å². The zero-order valence-corrected chi connectivity index (χ0v) is 7.96. The van der Waals surface area contributed by atoms with Gasteiger partial charge in [0.15, 0.2) is 0 Å². The molecule has 0 aliphatic rings. The molecule has 0 fully saturated rings. The maximum Gasteiger partial charge on any atom is 0.131 e. The summed E-state index contributed by atoms with van der Waals surface area (Å²) in [6.07, 6.45) is 3.60. The van der Waals surface area contributed by atoms with Crippen LogP contribution in [0.3, 0.4) is 0 Å². The fraction of sp³-hybridized carbons (Fsp3) is 0.375. The molecule has 0 aromatic carbocycles. The van der Waals surface area contributed by atoms with Crippen LogP contribution in [0.15, 0.2) is 18.5 Å². The van der Waals surface area contributed by atoms with Crippen molar-refractivity contribution in [1.29, 1.82) is 0 Å². The van der Waals surface area contributed by atoms with Crippen LogP contribution < -0.4 is 5.73 Å². The van der Waals surface area contributed by atoms with Gasteiger partial charge in [-0.2, -0.15) is 5.10 Å². The minimum Gasteiger partial charge on any atom is -0.329 e. The molecule has 0 spiro atoms. The molecule has 0 atom stereocenters. The van der Waals surface area contributed by atoms with Crippen molar-refractivity contribution in [3.05, 3.63) is 18.5 Å². The van der Waals surface area contributed by atoms with Crippen LogP contribution >= 0.6 is 0 Å². The van der Waals surface area contributed by atoms with Crippen molar-refractivity contribution in [2.45, 2.75) is 6.54 Å². The first-order valence-corrected chi connectivity index (χ1v) is 4.40. The summed E-state index contributed by atoms with van der Waals surface area (Å²) in [4.78, 5) is 0. The van der Waals surface area contributed by atoms with Crippen molar-refractivity contribution in [2.75, 3.05) is 6.54 Å². The largest absolute Gasteiger partial charge is 0.329 e. The molecule has 0 amide bonds. The maximum atomic E-state index is 5.41. The second-order valence-corrected chi connectivity index (χ2v) is 3.00. The van der Waals surface area contributed by atoms with E-state index < -0.39 is 0 Å². The average molecular weight is 192 g/mol. The van der Waals surface area contributed by atoms with Crippen LogP contribution in [0.25, 0.3) is 11.4 Å². The quantitative estimate of drug-likeness (QED) is 0.720. The Morgan fingerprint density at radius 3 is 3.00 bits per heavy atom. The lowest BCUT2D eigenvalue weighted by Gasteiger charge is -1.95. The Bertz CT molecular complexity index is 415. The molecular weight excluding hydrogens is 180 g/mol. The molecule has 2 N–H and O–H groups in total. The highest BCUT2D eigenvalue weighted by Crippen LogP contribution is 2.13. The summed E-state index contributed by atoms with van der Waals surface area (Å²) in [5.41, 5.74) is 7.18. The highest BCUT2D eigenvalue weighted by molar-refractivity contribution is 5.51. The highest BCUT2D eigenvalue weighted by atomic mass is 15.4. The van der Waals surface area contributed by atoms with Gasteiger partial charge in [0.1, 0.15) is 5.69 Å². The topological polar surface area (TPSA) is 74.5 Å². The molecule has 2 aromatic rings. The van der Waals surface area contributed by atoms with Crippen LogP contribution in [0.4, 0.5) is 0 Å². The number of rotatable bonds is 3. The van der Waals surface area contributed by atoms with E-state index in [1.165, 1.54) is 0 Å². The predicted octanol–water partition coefficient (Wildman–Crippen LogP) is -0.363. The Morgan fingerprint density at radius 2 is 2.36 bits per heavy atom. The molecule has 0 radical (unpaired) electrons. The Kier molecular flexibility index (Phi) is 2.28. The van der Waals surface area contributed by atoms with Gasteiger partial charge in [0.25, 0.3) is 0 Å². The summed E-state index contributed by atoms with van der Waals surface area (Å²) in [6, 6.07) is 1.90. The summed E-state index contributed by atoms with van der Waals surface area (Å²) in [5, 5.41) is 12.0. The Morgan fingerprint density at radius 1 is 1.50 bits per heavy atom. The van der Waals surface area contributed by atoms with Crippen LogP contribution in [0.2, 0.25) is 0 Å². The minimum atomic E-state index is 0.564. The van der Waals surface area contributed by atoms with Crippen molar-refractivity contribution in [3.8, 4) is 11.4 Å². The van der Waals surface area contributed by atoms with E-state index in [1.54, 1.807) is 15.6 Å². The van der Waals surface area contributed by atoms with E-state index in [1.807, 2.05) is 19.3 Å². The van der Waals surface area contributed by atoms with Gasteiger partial charge in [0, 0.05) is 19.8 Å². The van der Waals surface area contributed by atoms with Crippen LogP contribution in [0.5, 0.6) is 0 Å². The number of aryl methyl sites for hydroxylation is 1. The Hall–Kier alpha value is -1.69. The van der Waals surface area contributed by atoms with E-state index in [4.69, 9.17) is 5.73 Å². The van der Waals surface area contributed by atoms with Crippen molar-refractivity contribution in [3.63, 3.8) is 0 Å². The summed E-state index contributed by atoms with van der Waals surface area (Å²) in [5.74, 6) is 0. The van der Waals surface area contributed by atoms with Crippen LogP contribution in [0.1, 0.15) is 0 Å². The molecule has 6 heteroatoms. The molecule has 0 saturated heterocycles. The molecule has 0 bridgehead atoms. The van der Waals surface area contributed by atoms with Crippen LogP contribution in [-0.2, 0) is 13.6 Å². The third kappa shape index (κ3) is 1.51. The third-order valence-corrected chi connectivity index (χ3v) is 1.98. The first-order valence-electron chi connectivity index (χ1n) is 4.40. The summed E-state index contributed by atoms with van der Waals surface area (Å²) in [6.45, 7) is 1.25. The van der Waals surface area contributed by atoms with Gasteiger partial charge >= 0.3 is 0 Å². The van der Waals surface area contributed by atoms with Crippen LogP contribution in [-0.4, -0.2) is 31.3 Å². The fourth-order valence-electron chi connectivity index (χ4n) is 1.28. The number of nitrogens with zero attached hydrogens (tertiary/aromatic N) is 5. The number of nitrogens with two attached hydrogens (primary N) is 1. The Labute approximate surface area is 81.3 Å². The molecule has 74 valence electrons. The second-order valence-electron chi connectivity index (χ2n) is 3.00. The van der Waals surface area contributed by atoms with E-state index in [-0.39, 0.29) is 0 Å². The molecule has 14 heavy (non-hydrogen) atoms. The van der Waals surface area contributed by atoms with Crippen molar-refractivity contribution >= 4 is 0 Å². The van der Waals surface area contributed by atoms with Gasteiger partial charge in [-0.25, -0.2) is 0 Å². The Balaban J connectivity index is 2.29. The maximum absolute atomic E-state index is 5.41. The van der Waals surface area contributed by atoms with E-state index in [0.717, 1.165) is 11.4 Å². The first kappa shape index (κ1) is 8.89. The molecule has 0 aliphatic heterocycles. The van der Waals surface area contributed by atoms with Gasteiger partial charge in [0.05, 0.1) is 18.4 Å². The molecule has 0 aliphatic carbocycles. The first-order chi connectivity index (χ1) is 6.81. The smallest absolute Gasteiger partial charge is 0.131 e. The molecule has 2 aromatic heterocycles. The third-order valence-electron chi connectivity index (χ3n) is 1.98. The zero-order chi connectivity index (χ0) is 9.97. The fourth-order valence-corrected chi connectivity index (χ4v) is 1.28. The zero-order valence-electron chi connectivity index (χ0n) is 7.96. The number of hydrogen-bond donors (Lipinski definition) is 1. The predicted molar refractivity (Wildman–Crippen MR) is 51.3 cm³/mol. The van der Waals surface area contributed by atoms with Gasteiger partial charge in [-0.15, -0.1) is 5.10 Å². The minimum absolute atomic E-state index is 0.564. The van der Waals surface area contributed by atoms with E-state index in [2.05, 4.69) is 15.4 Å². The molecule has 6 nitrogen and oxygen atoms in total. The lowest BCUT2D eigenvalue weighted by atomic mass is 10.3. The molecule has 2 heterocycles. The van der Waals surface area contributed by atoms with E-state index in [0.29, 0.717) is 13.1 Å². The molecule has 0 unspecified atom stereocenters. The standard InChI is InChI=1S/C8H12N6/c1-13-8(2-4-10-13)7-6-14(5-3-9)12-11-7/h2,4,6H,3,5,9H2,1H3. The highest BCUT2D eigenvalue weighted by Gasteiger charge is 2.06. The second kappa shape index (κ2) is 3.59. The monoisotopic (exact) mass is 192 g/mol. The molecular formula is C8H12N6. The lowest BCUT2D eigenvalue weighted by Crippen LogP contribution is -2.10. The van der Waals surface area contributed by atoms with E-state index in [9.17, 15) is 0 Å². The summed E-state index contributed by atoms with van der Waals surface area (Å²) >= 11 is 0. The lowest BCUT2D eigenvalue weighted by molar-refractivity contribution is 0.598. The molecule has 2 rings (SSSR count). The van der Waals surface area contributed by atoms with Gasteiger partial charge in [-0.1, -0.05) is 5.21 Å². The van der Waals surface area contributed by atoms with Crippen LogP contribution in [0, 0.1) is 0 Å². The summed E-state index contributed by atoms with van der Waals surface area (Å²) in [7, 11) is 1.87. The van der Waals surface area contributed by atoms with Gasteiger partial charge in [0.2, 0.25) is 0 Å². The average Bonchev–Trinajstić information content (AvgIpc) is 2.74. The van der Waals surface area contributed by atoms with Crippen molar-refractivity contribution in [2.24, 2.45) is 12.8 Å². The van der Waals surface area contributed by atoms with E-state index >= 15 is 0 Å². The van der Waals surface area contributed by atoms with Gasteiger partial charge in [-0.3, -0.25) is 9.36 Å². The van der Waals surface area contributed by atoms with Gasteiger partial charge in [-0.05, 0) is 6.07 Å². The molecule has 0 saturated carbocycles. The van der Waals surface area contributed by atoms with Crippen molar-refractivity contribution in [1.82, 2.24) is 24.8 Å². The normalized spacial score (nSPS) is 10.7. The summed E-state index contributed by atoms with van der Waals surface area (Å²) < 4.78 is 3.49. The number of aromatic nitrogens is 5. The number of hydrogen-bond acceptors (Lipinski definition) is 4.